The van der Waals surface area contributed by atoms with Crippen LogP contribution in [0, 0.1) is 6.92 Å². The van der Waals surface area contributed by atoms with Gasteiger partial charge in [0.15, 0.2) is 0 Å². The van der Waals surface area contributed by atoms with Crippen molar-refractivity contribution in [1.29, 1.82) is 0 Å². The Hall–Kier alpha value is -1.40. The standard InChI is InChI=1S/C13H19NO4S/c1-3-6-11(9-13(15)16)14-19(17,18)12-8-5-4-7-10(12)2/h4-5,7-8,11,14H,3,6,9H2,1-2H3,(H,15,16). The second-order valence-corrected chi connectivity index (χ2v) is 6.15. The van der Waals surface area contributed by atoms with Crippen molar-refractivity contribution in [1.82, 2.24) is 4.72 Å². The number of rotatable bonds is 7. The maximum absolute atomic E-state index is 12.2. The molecule has 1 rings (SSSR count). The summed E-state index contributed by atoms with van der Waals surface area (Å²) in [6.45, 7) is 3.59. The number of aliphatic carboxylic acids is 1. The molecular formula is C13H19NO4S. The molecule has 0 aliphatic rings. The van der Waals surface area contributed by atoms with Crippen LogP contribution in [0.25, 0.3) is 0 Å². The van der Waals surface area contributed by atoms with Gasteiger partial charge in [0, 0.05) is 6.04 Å². The lowest BCUT2D eigenvalue weighted by atomic mass is 10.1. The van der Waals surface area contributed by atoms with E-state index in [9.17, 15) is 13.2 Å². The highest BCUT2D eigenvalue weighted by molar-refractivity contribution is 7.89. The van der Waals surface area contributed by atoms with Crippen LogP contribution in [0.1, 0.15) is 31.7 Å². The summed E-state index contributed by atoms with van der Waals surface area (Å²) in [4.78, 5) is 10.9. The van der Waals surface area contributed by atoms with Gasteiger partial charge in [-0.3, -0.25) is 4.79 Å². The van der Waals surface area contributed by atoms with Crippen LogP contribution in [0.15, 0.2) is 29.2 Å². The number of hydrogen-bond donors (Lipinski definition) is 2. The number of hydrogen-bond acceptors (Lipinski definition) is 3. The van der Waals surface area contributed by atoms with Gasteiger partial charge in [0.2, 0.25) is 10.0 Å². The summed E-state index contributed by atoms with van der Waals surface area (Å²) in [5.74, 6) is -1.01. The molecule has 2 N–H and O–H groups in total. The lowest BCUT2D eigenvalue weighted by molar-refractivity contribution is -0.137. The molecule has 0 saturated carbocycles. The molecule has 0 fully saturated rings. The molecule has 1 atom stereocenters. The maximum Gasteiger partial charge on any atom is 0.304 e. The van der Waals surface area contributed by atoms with Gasteiger partial charge in [-0.1, -0.05) is 31.5 Å². The highest BCUT2D eigenvalue weighted by atomic mass is 32.2. The minimum absolute atomic E-state index is 0.196. The molecule has 0 radical (unpaired) electrons. The lowest BCUT2D eigenvalue weighted by Gasteiger charge is -2.17. The lowest BCUT2D eigenvalue weighted by Crippen LogP contribution is -2.36. The molecule has 0 saturated heterocycles. The molecule has 6 heteroatoms. The van der Waals surface area contributed by atoms with E-state index < -0.39 is 22.0 Å². The summed E-state index contributed by atoms with van der Waals surface area (Å²) in [6, 6.07) is 6.05. The zero-order valence-corrected chi connectivity index (χ0v) is 11.9. The third-order valence-electron chi connectivity index (χ3n) is 2.76. The molecule has 1 aromatic rings. The Balaban J connectivity index is 2.94. The summed E-state index contributed by atoms with van der Waals surface area (Å²) in [7, 11) is -3.67. The van der Waals surface area contributed by atoms with Crippen LogP contribution >= 0.6 is 0 Å². The van der Waals surface area contributed by atoms with Gasteiger partial charge in [-0.05, 0) is 25.0 Å². The summed E-state index contributed by atoms with van der Waals surface area (Å²) in [5.41, 5.74) is 0.639. The third-order valence-corrected chi connectivity index (χ3v) is 4.44. The molecule has 1 aromatic carbocycles. The van der Waals surface area contributed by atoms with Crippen molar-refractivity contribution in [3.05, 3.63) is 29.8 Å². The largest absolute Gasteiger partial charge is 0.481 e. The zero-order chi connectivity index (χ0) is 14.5. The fraction of sp³-hybridized carbons (Fsp3) is 0.462. The first-order chi connectivity index (χ1) is 8.86. The van der Waals surface area contributed by atoms with E-state index in [1.807, 2.05) is 6.92 Å². The normalized spacial score (nSPS) is 13.2. The SMILES string of the molecule is CCCC(CC(=O)O)NS(=O)(=O)c1ccccc1C. The smallest absolute Gasteiger partial charge is 0.304 e. The van der Waals surface area contributed by atoms with E-state index in [2.05, 4.69) is 4.72 Å². The number of carbonyl (C=O) groups is 1. The van der Waals surface area contributed by atoms with Crippen LogP contribution in [-0.4, -0.2) is 25.5 Å². The zero-order valence-electron chi connectivity index (χ0n) is 11.1. The van der Waals surface area contributed by atoms with Crippen molar-refractivity contribution < 1.29 is 18.3 Å². The van der Waals surface area contributed by atoms with E-state index in [4.69, 9.17) is 5.11 Å². The van der Waals surface area contributed by atoms with Crippen molar-refractivity contribution in [2.24, 2.45) is 0 Å². The predicted molar refractivity (Wildman–Crippen MR) is 72.4 cm³/mol. The Morgan fingerprint density at radius 3 is 2.53 bits per heavy atom. The number of carboxylic acid groups (broad SMARTS) is 1. The van der Waals surface area contributed by atoms with Crippen molar-refractivity contribution in [2.45, 2.75) is 44.0 Å². The molecule has 0 aliphatic carbocycles. The Labute approximate surface area is 113 Å². The second kappa shape index (κ2) is 6.68. The molecule has 0 spiro atoms. The average molecular weight is 285 g/mol. The number of carboxylic acids is 1. The molecule has 5 nitrogen and oxygen atoms in total. The van der Waals surface area contributed by atoms with E-state index >= 15 is 0 Å². The summed E-state index contributed by atoms with van der Waals surface area (Å²) in [5, 5.41) is 8.80. The first-order valence-corrected chi connectivity index (χ1v) is 7.65. The molecule has 0 heterocycles. The van der Waals surface area contributed by atoms with E-state index in [0.29, 0.717) is 18.4 Å². The predicted octanol–water partition coefficient (Wildman–Crippen LogP) is 1.92. The van der Waals surface area contributed by atoms with Gasteiger partial charge in [0.25, 0.3) is 0 Å². The van der Waals surface area contributed by atoms with E-state index in [0.717, 1.165) is 0 Å². The number of aryl methyl sites for hydroxylation is 1. The van der Waals surface area contributed by atoms with Gasteiger partial charge >= 0.3 is 5.97 Å². The fourth-order valence-corrected chi connectivity index (χ4v) is 3.42. The van der Waals surface area contributed by atoms with Gasteiger partial charge in [-0.2, -0.15) is 0 Å². The van der Waals surface area contributed by atoms with Gasteiger partial charge in [0.05, 0.1) is 11.3 Å². The van der Waals surface area contributed by atoms with Crippen LogP contribution in [0.3, 0.4) is 0 Å². The first kappa shape index (κ1) is 15.7. The molecule has 0 aliphatic heterocycles. The molecule has 0 aromatic heterocycles. The molecule has 0 amide bonds. The summed E-state index contributed by atoms with van der Waals surface area (Å²) in [6.07, 6.45) is 1.00. The molecule has 0 bridgehead atoms. The highest BCUT2D eigenvalue weighted by Gasteiger charge is 2.22. The highest BCUT2D eigenvalue weighted by Crippen LogP contribution is 2.16. The van der Waals surface area contributed by atoms with E-state index in [1.165, 1.54) is 6.07 Å². The minimum atomic E-state index is -3.67. The topological polar surface area (TPSA) is 83.5 Å². The van der Waals surface area contributed by atoms with Crippen LogP contribution in [-0.2, 0) is 14.8 Å². The van der Waals surface area contributed by atoms with Crippen molar-refractivity contribution in [2.75, 3.05) is 0 Å². The third kappa shape index (κ3) is 4.65. The van der Waals surface area contributed by atoms with Crippen LogP contribution in [0.4, 0.5) is 0 Å². The van der Waals surface area contributed by atoms with Gasteiger partial charge in [-0.25, -0.2) is 13.1 Å². The number of nitrogens with one attached hydrogen (secondary N) is 1. The van der Waals surface area contributed by atoms with Crippen molar-refractivity contribution >= 4 is 16.0 Å². The molecular weight excluding hydrogens is 266 g/mol. The van der Waals surface area contributed by atoms with Gasteiger partial charge in [0.1, 0.15) is 0 Å². The number of benzene rings is 1. The summed E-state index contributed by atoms with van der Waals surface area (Å²) < 4.78 is 26.9. The molecule has 106 valence electrons. The Kier molecular flexibility index (Phi) is 5.50. The van der Waals surface area contributed by atoms with E-state index in [-0.39, 0.29) is 11.3 Å². The fourth-order valence-electron chi connectivity index (χ4n) is 1.90. The Morgan fingerprint density at radius 1 is 1.37 bits per heavy atom. The molecule has 1 unspecified atom stereocenters. The van der Waals surface area contributed by atoms with Gasteiger partial charge in [-0.15, -0.1) is 0 Å². The Bertz CT molecular complexity index is 539. The number of sulfonamides is 1. The average Bonchev–Trinajstić information content (AvgIpc) is 2.28. The monoisotopic (exact) mass is 285 g/mol. The maximum atomic E-state index is 12.2. The molecule has 19 heavy (non-hydrogen) atoms. The van der Waals surface area contributed by atoms with Crippen LogP contribution in [0.5, 0.6) is 0 Å². The first-order valence-electron chi connectivity index (χ1n) is 6.16. The summed E-state index contributed by atoms with van der Waals surface area (Å²) >= 11 is 0. The van der Waals surface area contributed by atoms with Crippen LogP contribution in [0.2, 0.25) is 0 Å². The Morgan fingerprint density at radius 2 is 2.00 bits per heavy atom. The quantitative estimate of drug-likeness (QED) is 0.801. The van der Waals surface area contributed by atoms with Crippen LogP contribution < -0.4 is 4.72 Å². The second-order valence-electron chi connectivity index (χ2n) is 4.47. The van der Waals surface area contributed by atoms with E-state index in [1.54, 1.807) is 25.1 Å². The van der Waals surface area contributed by atoms with Gasteiger partial charge < -0.3 is 5.11 Å². The van der Waals surface area contributed by atoms with Crippen molar-refractivity contribution in [3.63, 3.8) is 0 Å². The van der Waals surface area contributed by atoms with Crippen molar-refractivity contribution in [3.8, 4) is 0 Å². The minimum Gasteiger partial charge on any atom is -0.481 e.